The first-order chi connectivity index (χ1) is 17.1. The Bertz CT molecular complexity index is 1300. The molecular weight excluding hydrogens is 464 g/mol. The summed E-state index contributed by atoms with van der Waals surface area (Å²) in [7, 11) is 0. The van der Waals surface area contributed by atoms with Gasteiger partial charge < -0.3 is 4.74 Å². The molecule has 0 bridgehead atoms. The van der Waals surface area contributed by atoms with E-state index in [0.717, 1.165) is 5.56 Å². The van der Waals surface area contributed by atoms with Crippen molar-refractivity contribution in [2.45, 2.75) is 38.8 Å². The van der Waals surface area contributed by atoms with E-state index in [0.29, 0.717) is 23.5 Å². The van der Waals surface area contributed by atoms with Crippen molar-refractivity contribution < 1.29 is 19.2 Å². The SMILES string of the molecule is CC(C)(C)OC(=O)Nc1ccc(C2=NN(C(=O)c3ccc([N+](=O)[O-])cc3)C(c3cnccn3)C2)cc1. The van der Waals surface area contributed by atoms with E-state index in [1.54, 1.807) is 63.6 Å². The molecule has 1 aliphatic heterocycles. The van der Waals surface area contributed by atoms with Gasteiger partial charge in [0.25, 0.3) is 11.6 Å². The van der Waals surface area contributed by atoms with Gasteiger partial charge in [0.2, 0.25) is 0 Å². The third-order valence-electron chi connectivity index (χ3n) is 5.23. The second-order valence-electron chi connectivity index (χ2n) is 9.05. The average molecular weight is 489 g/mol. The molecule has 11 nitrogen and oxygen atoms in total. The van der Waals surface area contributed by atoms with Gasteiger partial charge in [0.1, 0.15) is 11.6 Å². The molecule has 184 valence electrons. The number of rotatable bonds is 5. The number of hydrogen-bond donors (Lipinski definition) is 1. The lowest BCUT2D eigenvalue weighted by Gasteiger charge is -2.20. The Kier molecular flexibility index (Phi) is 6.73. The molecule has 2 amide bonds. The van der Waals surface area contributed by atoms with Crippen molar-refractivity contribution in [3.63, 3.8) is 0 Å². The van der Waals surface area contributed by atoms with Gasteiger partial charge >= 0.3 is 6.09 Å². The highest BCUT2D eigenvalue weighted by Gasteiger charge is 2.35. The van der Waals surface area contributed by atoms with E-state index in [2.05, 4.69) is 20.4 Å². The smallest absolute Gasteiger partial charge is 0.412 e. The molecule has 4 rings (SSSR count). The van der Waals surface area contributed by atoms with Gasteiger partial charge in [-0.05, 0) is 50.6 Å². The van der Waals surface area contributed by atoms with Gasteiger partial charge in [-0.1, -0.05) is 12.1 Å². The largest absolute Gasteiger partial charge is 0.444 e. The van der Waals surface area contributed by atoms with Crippen LogP contribution in [0.1, 0.15) is 54.8 Å². The van der Waals surface area contributed by atoms with Crippen LogP contribution >= 0.6 is 0 Å². The number of nitro groups is 1. The predicted octanol–water partition coefficient (Wildman–Crippen LogP) is 4.72. The minimum absolute atomic E-state index is 0.109. The molecule has 0 radical (unpaired) electrons. The third-order valence-corrected chi connectivity index (χ3v) is 5.23. The van der Waals surface area contributed by atoms with Crippen LogP contribution in [0.2, 0.25) is 0 Å². The maximum absolute atomic E-state index is 13.3. The lowest BCUT2D eigenvalue weighted by molar-refractivity contribution is -0.384. The topological polar surface area (TPSA) is 140 Å². The fourth-order valence-electron chi connectivity index (χ4n) is 3.61. The van der Waals surface area contributed by atoms with E-state index in [4.69, 9.17) is 4.74 Å². The Hall–Kier alpha value is -4.67. The molecule has 0 spiro atoms. The normalized spacial score (nSPS) is 15.2. The molecule has 1 N–H and O–H groups in total. The van der Waals surface area contributed by atoms with Gasteiger partial charge in [-0.2, -0.15) is 5.10 Å². The van der Waals surface area contributed by atoms with Crippen molar-refractivity contribution in [1.29, 1.82) is 0 Å². The van der Waals surface area contributed by atoms with E-state index < -0.39 is 28.6 Å². The zero-order valence-electron chi connectivity index (χ0n) is 19.9. The molecule has 2 heterocycles. The van der Waals surface area contributed by atoms with E-state index in [-0.39, 0.29) is 11.3 Å². The third kappa shape index (κ3) is 5.69. The Balaban J connectivity index is 1.58. The number of hydrazone groups is 1. The molecule has 1 aliphatic rings. The monoisotopic (exact) mass is 488 g/mol. The maximum Gasteiger partial charge on any atom is 0.412 e. The second kappa shape index (κ2) is 9.90. The number of aromatic nitrogens is 2. The van der Waals surface area contributed by atoms with Crippen LogP contribution in [0, 0.1) is 10.1 Å². The fraction of sp³-hybridized carbons (Fsp3) is 0.240. The number of nitrogens with one attached hydrogen (secondary N) is 1. The van der Waals surface area contributed by atoms with E-state index in [1.807, 2.05) is 0 Å². The minimum atomic E-state index is -0.613. The number of carbonyl (C=O) groups excluding carboxylic acids is 2. The standard InChI is InChI=1S/C25H24N6O5/c1-25(2,3)36-24(33)28-18-8-4-16(5-9-18)20-14-22(21-15-26-12-13-27-21)30(29-20)23(32)17-6-10-19(11-7-17)31(34)35/h4-13,15,22H,14H2,1-3H3,(H,28,33). The van der Waals surface area contributed by atoms with Crippen molar-refractivity contribution in [1.82, 2.24) is 15.0 Å². The van der Waals surface area contributed by atoms with Crippen LogP contribution < -0.4 is 5.32 Å². The highest BCUT2D eigenvalue weighted by atomic mass is 16.6. The Morgan fingerprint density at radius 2 is 1.78 bits per heavy atom. The molecule has 0 saturated carbocycles. The number of amides is 2. The van der Waals surface area contributed by atoms with Gasteiger partial charge in [0.15, 0.2) is 0 Å². The van der Waals surface area contributed by atoms with Gasteiger partial charge in [0.05, 0.1) is 22.5 Å². The van der Waals surface area contributed by atoms with Crippen LogP contribution in [0.15, 0.2) is 72.2 Å². The van der Waals surface area contributed by atoms with Crippen molar-refractivity contribution in [2.75, 3.05) is 5.32 Å². The summed E-state index contributed by atoms with van der Waals surface area (Å²) in [4.78, 5) is 44.2. The Morgan fingerprint density at radius 1 is 1.08 bits per heavy atom. The van der Waals surface area contributed by atoms with Crippen molar-refractivity contribution >= 4 is 29.1 Å². The Labute approximate surface area is 207 Å². The molecule has 1 unspecified atom stereocenters. The first-order valence-corrected chi connectivity index (χ1v) is 11.1. The first-order valence-electron chi connectivity index (χ1n) is 11.1. The first kappa shape index (κ1) is 24.5. The molecule has 1 aromatic heterocycles. The highest BCUT2D eigenvalue weighted by molar-refractivity contribution is 6.05. The summed E-state index contributed by atoms with van der Waals surface area (Å²) in [5.41, 5.74) is 2.06. The average Bonchev–Trinajstić information content (AvgIpc) is 3.29. The van der Waals surface area contributed by atoms with Crippen molar-refractivity contribution in [3.8, 4) is 0 Å². The van der Waals surface area contributed by atoms with Gasteiger partial charge in [-0.15, -0.1) is 0 Å². The van der Waals surface area contributed by atoms with Gasteiger partial charge in [-0.25, -0.2) is 9.80 Å². The number of nitro benzene ring substituents is 1. The molecule has 3 aromatic rings. The number of hydrogen-bond acceptors (Lipinski definition) is 8. The van der Waals surface area contributed by atoms with Crippen LogP contribution in [0.5, 0.6) is 0 Å². The predicted molar refractivity (Wildman–Crippen MR) is 131 cm³/mol. The summed E-state index contributed by atoms with van der Waals surface area (Å²) in [6.45, 7) is 5.35. The summed E-state index contributed by atoms with van der Waals surface area (Å²) in [6, 6.07) is 11.9. The number of non-ortho nitro benzene ring substituents is 1. The molecule has 0 aliphatic carbocycles. The van der Waals surface area contributed by atoms with Crippen LogP contribution in [0.25, 0.3) is 0 Å². The van der Waals surface area contributed by atoms with E-state index >= 15 is 0 Å². The zero-order valence-corrected chi connectivity index (χ0v) is 19.9. The number of anilines is 1. The van der Waals surface area contributed by atoms with Crippen LogP contribution in [-0.4, -0.2) is 43.2 Å². The quantitative estimate of drug-likeness (QED) is 0.405. The number of carbonyl (C=O) groups is 2. The zero-order chi connectivity index (χ0) is 25.9. The van der Waals surface area contributed by atoms with Gasteiger partial charge in [-0.3, -0.25) is 30.2 Å². The number of ether oxygens (including phenoxy) is 1. The summed E-state index contributed by atoms with van der Waals surface area (Å²) in [6.07, 6.45) is 4.48. The molecule has 36 heavy (non-hydrogen) atoms. The lowest BCUT2D eigenvalue weighted by atomic mass is 10.0. The molecule has 11 heteroatoms. The van der Waals surface area contributed by atoms with Crippen molar-refractivity contribution in [3.05, 3.63) is 94.1 Å². The number of nitrogens with zero attached hydrogens (tertiary/aromatic N) is 5. The van der Waals surface area contributed by atoms with Crippen LogP contribution in [0.3, 0.4) is 0 Å². The van der Waals surface area contributed by atoms with E-state index in [1.165, 1.54) is 29.3 Å². The maximum atomic E-state index is 13.3. The molecule has 1 atom stereocenters. The second-order valence-corrected chi connectivity index (χ2v) is 9.05. The van der Waals surface area contributed by atoms with Crippen LogP contribution in [0.4, 0.5) is 16.2 Å². The molecular formula is C25H24N6O5. The summed E-state index contributed by atoms with van der Waals surface area (Å²) >= 11 is 0. The molecule has 0 fully saturated rings. The lowest BCUT2D eigenvalue weighted by Crippen LogP contribution is -2.27. The van der Waals surface area contributed by atoms with E-state index in [9.17, 15) is 19.7 Å². The van der Waals surface area contributed by atoms with Crippen molar-refractivity contribution in [2.24, 2.45) is 5.10 Å². The van der Waals surface area contributed by atoms with Gasteiger partial charge in [0, 0.05) is 42.2 Å². The number of benzene rings is 2. The Morgan fingerprint density at radius 3 is 2.36 bits per heavy atom. The molecule has 0 saturated heterocycles. The summed E-state index contributed by atoms with van der Waals surface area (Å²) in [5.74, 6) is -0.418. The summed E-state index contributed by atoms with van der Waals surface area (Å²) < 4.78 is 5.27. The summed E-state index contributed by atoms with van der Waals surface area (Å²) in [5, 5.41) is 19.5. The van der Waals surface area contributed by atoms with Crippen LogP contribution in [-0.2, 0) is 4.74 Å². The molecule has 2 aromatic carbocycles. The minimum Gasteiger partial charge on any atom is -0.444 e. The fourth-order valence-corrected chi connectivity index (χ4v) is 3.61. The highest BCUT2D eigenvalue weighted by Crippen LogP contribution is 2.33.